The van der Waals surface area contributed by atoms with Gasteiger partial charge in [0.1, 0.15) is 0 Å². The van der Waals surface area contributed by atoms with E-state index in [2.05, 4.69) is 5.32 Å². The van der Waals surface area contributed by atoms with Gasteiger partial charge in [-0.1, -0.05) is 0 Å². The molecule has 0 heterocycles. The molecule has 0 bridgehead atoms. The molecule has 17 heavy (non-hydrogen) atoms. The van der Waals surface area contributed by atoms with Gasteiger partial charge in [-0.3, -0.25) is 14.4 Å². The molecule has 1 unspecified atom stereocenters. The fourth-order valence-electron chi connectivity index (χ4n) is 0.920. The van der Waals surface area contributed by atoms with Crippen LogP contribution >= 0.6 is 0 Å². The van der Waals surface area contributed by atoms with Crippen molar-refractivity contribution in [2.45, 2.75) is 18.9 Å². The number of aliphatic carboxylic acids is 2. The summed E-state index contributed by atoms with van der Waals surface area (Å²) in [5.74, 6) is -2.68. The van der Waals surface area contributed by atoms with Crippen molar-refractivity contribution < 1.29 is 29.3 Å². The Morgan fingerprint density at radius 1 is 1.18 bits per heavy atom. The molecule has 0 fully saturated rings. The first-order chi connectivity index (χ1) is 7.93. The predicted octanol–water partition coefficient (Wildman–Crippen LogP) is -1.60. The number of ether oxygens (including phenoxy) is 1. The first-order valence-electron chi connectivity index (χ1n) is 4.98. The Morgan fingerprint density at radius 2 is 1.82 bits per heavy atom. The molecule has 0 radical (unpaired) electrons. The van der Waals surface area contributed by atoms with Crippen LogP contribution in [0.3, 0.4) is 0 Å². The zero-order valence-corrected chi connectivity index (χ0v) is 9.22. The SMILES string of the molecule is NC(CC(=O)O)C(=O)NCCOCCC(=O)O. The number of nitrogens with one attached hydrogen (secondary N) is 1. The molecule has 0 aliphatic rings. The number of amides is 1. The van der Waals surface area contributed by atoms with Crippen molar-refractivity contribution in [2.75, 3.05) is 19.8 Å². The number of hydrogen-bond donors (Lipinski definition) is 4. The van der Waals surface area contributed by atoms with Gasteiger partial charge < -0.3 is 26.0 Å². The molecule has 0 aliphatic carbocycles. The number of rotatable bonds is 9. The second-order valence-corrected chi connectivity index (χ2v) is 3.25. The van der Waals surface area contributed by atoms with Gasteiger partial charge in [0.25, 0.3) is 0 Å². The average molecular weight is 248 g/mol. The van der Waals surface area contributed by atoms with Crippen molar-refractivity contribution >= 4 is 17.8 Å². The minimum absolute atomic E-state index is 0.0619. The lowest BCUT2D eigenvalue weighted by Crippen LogP contribution is -2.43. The topological polar surface area (TPSA) is 139 Å². The molecule has 0 saturated carbocycles. The van der Waals surface area contributed by atoms with Gasteiger partial charge in [0.15, 0.2) is 0 Å². The molecular formula is C9H16N2O6. The fourth-order valence-corrected chi connectivity index (χ4v) is 0.920. The summed E-state index contributed by atoms with van der Waals surface area (Å²) in [6, 6.07) is -1.09. The van der Waals surface area contributed by atoms with E-state index in [0.717, 1.165) is 0 Å². The maximum absolute atomic E-state index is 11.2. The molecular weight excluding hydrogens is 232 g/mol. The summed E-state index contributed by atoms with van der Waals surface area (Å²) in [5.41, 5.74) is 5.29. The normalized spacial score (nSPS) is 11.8. The molecule has 0 aromatic rings. The lowest BCUT2D eigenvalue weighted by molar-refractivity contribution is -0.139. The van der Waals surface area contributed by atoms with Crippen LogP contribution in [0.25, 0.3) is 0 Å². The molecule has 8 nitrogen and oxygen atoms in total. The summed E-state index contributed by atoms with van der Waals surface area (Å²) in [6.45, 7) is 0.372. The Bertz CT molecular complexity index is 281. The van der Waals surface area contributed by atoms with Gasteiger partial charge in [0.2, 0.25) is 5.91 Å². The molecule has 0 saturated heterocycles. The summed E-state index contributed by atoms with van der Waals surface area (Å²) in [6.07, 6.45) is -0.543. The minimum Gasteiger partial charge on any atom is -0.481 e. The highest BCUT2D eigenvalue weighted by molar-refractivity contribution is 5.85. The highest BCUT2D eigenvalue weighted by atomic mass is 16.5. The van der Waals surface area contributed by atoms with Crippen LogP contribution < -0.4 is 11.1 Å². The van der Waals surface area contributed by atoms with Crippen LogP contribution in [0.4, 0.5) is 0 Å². The maximum Gasteiger partial charge on any atom is 0.305 e. The second kappa shape index (κ2) is 8.48. The summed E-state index contributed by atoms with van der Waals surface area (Å²) in [7, 11) is 0. The smallest absolute Gasteiger partial charge is 0.305 e. The van der Waals surface area contributed by atoms with Gasteiger partial charge in [0, 0.05) is 6.54 Å². The fraction of sp³-hybridized carbons (Fsp3) is 0.667. The van der Waals surface area contributed by atoms with Gasteiger partial charge in [0.05, 0.1) is 32.1 Å². The Hall–Kier alpha value is -1.67. The lowest BCUT2D eigenvalue weighted by atomic mass is 10.2. The van der Waals surface area contributed by atoms with Gasteiger partial charge >= 0.3 is 11.9 Å². The van der Waals surface area contributed by atoms with Gasteiger partial charge in [-0.05, 0) is 0 Å². The third-order valence-corrected chi connectivity index (χ3v) is 1.74. The molecule has 0 rings (SSSR count). The van der Waals surface area contributed by atoms with Crippen molar-refractivity contribution in [1.29, 1.82) is 0 Å². The average Bonchev–Trinajstić information content (AvgIpc) is 2.21. The van der Waals surface area contributed by atoms with E-state index in [-0.39, 0.29) is 26.2 Å². The molecule has 8 heteroatoms. The third-order valence-electron chi connectivity index (χ3n) is 1.74. The third kappa shape index (κ3) is 9.27. The van der Waals surface area contributed by atoms with Gasteiger partial charge in [-0.25, -0.2) is 0 Å². The van der Waals surface area contributed by atoms with Crippen molar-refractivity contribution in [2.24, 2.45) is 5.73 Å². The summed E-state index contributed by atoms with van der Waals surface area (Å²) >= 11 is 0. The molecule has 1 amide bonds. The van der Waals surface area contributed by atoms with Crippen molar-refractivity contribution in [3.8, 4) is 0 Å². The van der Waals surface area contributed by atoms with Crippen LogP contribution in [0.1, 0.15) is 12.8 Å². The number of carbonyl (C=O) groups is 3. The Morgan fingerprint density at radius 3 is 2.35 bits per heavy atom. The van der Waals surface area contributed by atoms with E-state index in [1.54, 1.807) is 0 Å². The van der Waals surface area contributed by atoms with Crippen molar-refractivity contribution in [3.05, 3.63) is 0 Å². The highest BCUT2D eigenvalue weighted by Crippen LogP contribution is 1.88. The van der Waals surface area contributed by atoms with Crippen molar-refractivity contribution in [1.82, 2.24) is 5.32 Å². The highest BCUT2D eigenvalue weighted by Gasteiger charge is 2.15. The number of carboxylic acids is 2. The summed E-state index contributed by atoms with van der Waals surface area (Å²) in [4.78, 5) is 31.5. The van der Waals surface area contributed by atoms with E-state index in [0.29, 0.717) is 0 Å². The van der Waals surface area contributed by atoms with Crippen LogP contribution in [0.5, 0.6) is 0 Å². The Balaban J connectivity index is 3.51. The van der Waals surface area contributed by atoms with E-state index in [1.807, 2.05) is 0 Å². The van der Waals surface area contributed by atoms with E-state index in [1.165, 1.54) is 0 Å². The molecule has 1 atom stereocenters. The monoisotopic (exact) mass is 248 g/mol. The zero-order chi connectivity index (χ0) is 13.3. The standard InChI is InChI=1S/C9H16N2O6/c10-6(5-8(14)15)9(16)11-2-4-17-3-1-7(12)13/h6H,1-5,10H2,(H,11,16)(H,12,13)(H,14,15). The van der Waals surface area contributed by atoms with Crippen LogP contribution in [-0.4, -0.2) is 53.9 Å². The molecule has 5 N–H and O–H groups in total. The molecule has 0 spiro atoms. The first-order valence-corrected chi connectivity index (χ1v) is 4.98. The van der Waals surface area contributed by atoms with Gasteiger partial charge in [-0.2, -0.15) is 0 Å². The molecule has 0 aromatic heterocycles. The van der Waals surface area contributed by atoms with Crippen LogP contribution in [0, 0.1) is 0 Å². The summed E-state index contributed by atoms with van der Waals surface area (Å²) < 4.78 is 4.90. The largest absolute Gasteiger partial charge is 0.481 e. The molecule has 98 valence electrons. The maximum atomic E-state index is 11.2. The van der Waals surface area contributed by atoms with E-state index in [4.69, 9.17) is 20.7 Å². The van der Waals surface area contributed by atoms with Crippen LogP contribution in [0.15, 0.2) is 0 Å². The second-order valence-electron chi connectivity index (χ2n) is 3.25. The van der Waals surface area contributed by atoms with Crippen molar-refractivity contribution in [3.63, 3.8) is 0 Å². The minimum atomic E-state index is -1.15. The summed E-state index contributed by atoms with van der Waals surface area (Å²) in [5, 5.41) is 19.1. The van der Waals surface area contributed by atoms with E-state index >= 15 is 0 Å². The van der Waals surface area contributed by atoms with Crippen LogP contribution in [0.2, 0.25) is 0 Å². The Labute approximate surface area is 97.7 Å². The number of carboxylic acid groups (broad SMARTS) is 2. The number of hydrogen-bond acceptors (Lipinski definition) is 5. The molecule has 0 aromatic carbocycles. The van der Waals surface area contributed by atoms with E-state index in [9.17, 15) is 14.4 Å². The number of nitrogens with two attached hydrogens (primary N) is 1. The van der Waals surface area contributed by atoms with Gasteiger partial charge in [-0.15, -0.1) is 0 Å². The van der Waals surface area contributed by atoms with Crippen LogP contribution in [-0.2, 0) is 19.1 Å². The van der Waals surface area contributed by atoms with E-state index < -0.39 is 30.3 Å². The quantitative estimate of drug-likeness (QED) is 0.360. The number of carbonyl (C=O) groups excluding carboxylic acids is 1. The predicted molar refractivity (Wildman–Crippen MR) is 56.3 cm³/mol. The molecule has 0 aliphatic heterocycles. The lowest BCUT2D eigenvalue weighted by Gasteiger charge is -2.10. The Kier molecular flexibility index (Phi) is 7.65. The first kappa shape index (κ1) is 15.3. The zero-order valence-electron chi connectivity index (χ0n) is 9.22.